The zero-order valence-electron chi connectivity index (χ0n) is 19.8. The Morgan fingerprint density at radius 3 is 2.42 bits per heavy atom. The van der Waals surface area contributed by atoms with E-state index >= 15 is 0 Å². The van der Waals surface area contributed by atoms with Crippen molar-refractivity contribution >= 4 is 17.7 Å². The summed E-state index contributed by atoms with van der Waals surface area (Å²) in [6.45, 7) is 0.394. The largest absolute Gasteiger partial charge is 0.489 e. The molecular formula is C29H32NO2S. The van der Waals surface area contributed by atoms with Gasteiger partial charge in [-0.05, 0) is 89.7 Å². The molecule has 1 amide bonds. The summed E-state index contributed by atoms with van der Waals surface area (Å²) in [6, 6.07) is 24.0. The van der Waals surface area contributed by atoms with E-state index in [4.69, 9.17) is 4.74 Å². The molecule has 4 rings (SSSR count). The molecule has 0 aliphatic heterocycles. The summed E-state index contributed by atoms with van der Waals surface area (Å²) in [5.74, 6) is 1.44. The lowest BCUT2D eigenvalue weighted by molar-refractivity contribution is 0.0827. The van der Waals surface area contributed by atoms with E-state index in [0.717, 1.165) is 22.4 Å². The summed E-state index contributed by atoms with van der Waals surface area (Å²) in [4.78, 5) is 15.4. The highest BCUT2D eigenvalue weighted by Gasteiger charge is 2.16. The molecule has 1 fully saturated rings. The van der Waals surface area contributed by atoms with E-state index in [2.05, 4.69) is 48.7 Å². The number of thioether (sulfide) groups is 1. The smallest absolute Gasteiger partial charge is 0.253 e. The van der Waals surface area contributed by atoms with Crippen LogP contribution in [0.2, 0.25) is 0 Å². The summed E-state index contributed by atoms with van der Waals surface area (Å²) in [5, 5.41) is 0. The van der Waals surface area contributed by atoms with E-state index in [1.165, 1.54) is 42.6 Å². The Hall–Kier alpha value is -2.72. The van der Waals surface area contributed by atoms with Crippen LogP contribution in [-0.4, -0.2) is 31.2 Å². The molecule has 4 heteroatoms. The van der Waals surface area contributed by atoms with Crippen LogP contribution in [0.1, 0.15) is 59.5 Å². The normalized spacial score (nSPS) is 14.2. The average Bonchev–Trinajstić information content (AvgIpc) is 2.87. The van der Waals surface area contributed by atoms with Gasteiger partial charge >= 0.3 is 0 Å². The van der Waals surface area contributed by atoms with Crippen molar-refractivity contribution in [3.63, 3.8) is 0 Å². The third-order valence-electron chi connectivity index (χ3n) is 6.41. The Kier molecular flexibility index (Phi) is 7.77. The summed E-state index contributed by atoms with van der Waals surface area (Å²) in [5.41, 5.74) is 5.17. The van der Waals surface area contributed by atoms with Gasteiger partial charge in [0, 0.05) is 24.6 Å². The lowest BCUT2D eigenvalue weighted by atomic mass is 9.84. The zero-order chi connectivity index (χ0) is 23.2. The van der Waals surface area contributed by atoms with Gasteiger partial charge in [-0.25, -0.2) is 0 Å². The maximum Gasteiger partial charge on any atom is 0.253 e. The monoisotopic (exact) mass is 458 g/mol. The van der Waals surface area contributed by atoms with Gasteiger partial charge in [0.05, 0.1) is 0 Å². The van der Waals surface area contributed by atoms with Gasteiger partial charge in [0.15, 0.2) is 0 Å². The molecule has 33 heavy (non-hydrogen) atoms. The minimum Gasteiger partial charge on any atom is -0.489 e. The van der Waals surface area contributed by atoms with Gasteiger partial charge in [-0.15, -0.1) is 11.8 Å². The Morgan fingerprint density at radius 1 is 1.03 bits per heavy atom. The maximum absolute atomic E-state index is 12.6. The van der Waals surface area contributed by atoms with Crippen molar-refractivity contribution in [2.75, 3.05) is 20.4 Å². The molecule has 0 heterocycles. The lowest BCUT2D eigenvalue weighted by Gasteiger charge is -2.21. The maximum atomic E-state index is 12.6. The zero-order valence-corrected chi connectivity index (χ0v) is 20.6. The number of hydrogen-bond donors (Lipinski definition) is 0. The number of carbonyl (C=O) groups is 1. The van der Waals surface area contributed by atoms with Gasteiger partial charge in [0.1, 0.15) is 12.4 Å². The molecule has 1 aliphatic rings. The average molecular weight is 459 g/mol. The molecule has 1 radical (unpaired) electrons. The number of hydrogen-bond acceptors (Lipinski definition) is 3. The minimum atomic E-state index is -0.00861. The first-order chi connectivity index (χ1) is 16.0. The van der Waals surface area contributed by atoms with Crippen molar-refractivity contribution in [2.45, 2.75) is 49.5 Å². The molecular weight excluding hydrogens is 426 g/mol. The Bertz CT molecular complexity index is 1070. The molecule has 1 saturated carbocycles. The number of carbonyl (C=O) groups excluding carboxylic acids is 1. The second-order valence-corrected chi connectivity index (χ2v) is 9.78. The standard InChI is InChI=1S/C29H32NO2S/c1-30(2)29(31)24-13-18-28(23-11-16-27(33-3)17-12-23)25(19-24)20-32-26-14-9-22(10-15-26)21-7-5-4-6-8-21/h9,11-19,21H,4-8,20H2,1-3H3. The van der Waals surface area contributed by atoms with Crippen molar-refractivity contribution in [3.8, 4) is 16.9 Å². The highest BCUT2D eigenvalue weighted by molar-refractivity contribution is 7.98. The third kappa shape index (κ3) is 5.80. The highest BCUT2D eigenvalue weighted by Crippen LogP contribution is 2.33. The fourth-order valence-corrected chi connectivity index (χ4v) is 4.91. The van der Waals surface area contributed by atoms with Gasteiger partial charge in [0.2, 0.25) is 0 Å². The number of amides is 1. The quantitative estimate of drug-likeness (QED) is 0.351. The Morgan fingerprint density at radius 2 is 1.79 bits per heavy atom. The van der Waals surface area contributed by atoms with Gasteiger partial charge in [-0.1, -0.05) is 43.5 Å². The summed E-state index contributed by atoms with van der Waals surface area (Å²) in [7, 11) is 3.55. The molecule has 171 valence electrons. The number of ether oxygens (including phenoxy) is 1. The topological polar surface area (TPSA) is 29.5 Å². The Labute approximate surface area is 202 Å². The first kappa shape index (κ1) is 23.4. The van der Waals surface area contributed by atoms with Crippen LogP contribution in [0.15, 0.2) is 65.6 Å². The van der Waals surface area contributed by atoms with Gasteiger partial charge in [0.25, 0.3) is 5.91 Å². The van der Waals surface area contributed by atoms with Crippen LogP contribution in [0.5, 0.6) is 5.75 Å². The van der Waals surface area contributed by atoms with Crippen LogP contribution in [0.25, 0.3) is 11.1 Å². The Balaban J connectivity index is 1.56. The van der Waals surface area contributed by atoms with Gasteiger partial charge in [-0.3, -0.25) is 4.79 Å². The third-order valence-corrected chi connectivity index (χ3v) is 7.15. The molecule has 3 nitrogen and oxygen atoms in total. The predicted octanol–water partition coefficient (Wildman–Crippen LogP) is 7.20. The van der Waals surface area contributed by atoms with Crippen molar-refractivity contribution in [2.24, 2.45) is 0 Å². The molecule has 0 N–H and O–H groups in total. The predicted molar refractivity (Wildman–Crippen MR) is 137 cm³/mol. The van der Waals surface area contributed by atoms with Crippen LogP contribution in [0.3, 0.4) is 0 Å². The second-order valence-electron chi connectivity index (χ2n) is 8.90. The van der Waals surface area contributed by atoms with Crippen molar-refractivity contribution in [3.05, 3.63) is 83.4 Å². The molecule has 0 saturated heterocycles. The van der Waals surface area contributed by atoms with Crippen LogP contribution in [0, 0.1) is 6.07 Å². The van der Waals surface area contributed by atoms with Crippen molar-refractivity contribution in [1.29, 1.82) is 0 Å². The lowest BCUT2D eigenvalue weighted by Crippen LogP contribution is -2.21. The summed E-state index contributed by atoms with van der Waals surface area (Å²) < 4.78 is 6.18. The first-order valence-electron chi connectivity index (χ1n) is 11.7. The van der Waals surface area contributed by atoms with Crippen LogP contribution in [-0.2, 0) is 6.61 Å². The van der Waals surface area contributed by atoms with E-state index in [1.807, 2.05) is 24.3 Å². The van der Waals surface area contributed by atoms with Crippen LogP contribution >= 0.6 is 11.8 Å². The van der Waals surface area contributed by atoms with Crippen molar-refractivity contribution in [1.82, 2.24) is 4.90 Å². The molecule has 3 aromatic rings. The minimum absolute atomic E-state index is 0.00861. The van der Waals surface area contributed by atoms with Crippen LogP contribution in [0.4, 0.5) is 0 Å². The molecule has 1 aliphatic carbocycles. The van der Waals surface area contributed by atoms with E-state index in [-0.39, 0.29) is 5.91 Å². The van der Waals surface area contributed by atoms with Crippen LogP contribution < -0.4 is 4.74 Å². The van der Waals surface area contributed by atoms with Gasteiger partial charge < -0.3 is 9.64 Å². The molecule has 0 aromatic heterocycles. The molecule has 0 spiro atoms. The van der Waals surface area contributed by atoms with E-state index in [9.17, 15) is 4.79 Å². The molecule has 0 unspecified atom stereocenters. The molecule has 3 aromatic carbocycles. The van der Waals surface area contributed by atoms with E-state index < -0.39 is 0 Å². The van der Waals surface area contributed by atoms with E-state index in [0.29, 0.717) is 18.1 Å². The SMILES string of the molecule is CSc1ccc(-c2ccc(C(=O)N(C)C)cc2COc2c[c]c(C3CCCCC3)cc2)cc1. The fourth-order valence-electron chi connectivity index (χ4n) is 4.50. The summed E-state index contributed by atoms with van der Waals surface area (Å²) >= 11 is 1.73. The van der Waals surface area contributed by atoms with Crippen molar-refractivity contribution < 1.29 is 9.53 Å². The number of nitrogens with zero attached hydrogens (tertiary/aromatic N) is 1. The second kappa shape index (κ2) is 10.9. The highest BCUT2D eigenvalue weighted by atomic mass is 32.2. The summed E-state index contributed by atoms with van der Waals surface area (Å²) in [6.07, 6.45) is 8.60. The first-order valence-corrected chi connectivity index (χ1v) is 12.9. The van der Waals surface area contributed by atoms with E-state index in [1.54, 1.807) is 30.8 Å². The fraction of sp³-hybridized carbons (Fsp3) is 0.345. The van der Waals surface area contributed by atoms with Gasteiger partial charge in [-0.2, -0.15) is 0 Å². The number of rotatable bonds is 7. The molecule has 0 bridgehead atoms. The molecule has 0 atom stereocenters. The number of benzene rings is 3.